The van der Waals surface area contributed by atoms with Gasteiger partial charge < -0.3 is 14.2 Å². The average molecular weight is 546 g/mol. The zero-order chi connectivity index (χ0) is 27.7. The van der Waals surface area contributed by atoms with Gasteiger partial charge in [0.2, 0.25) is 0 Å². The van der Waals surface area contributed by atoms with Crippen LogP contribution in [-0.2, 0) is 27.8 Å². The molecular formula is C28H26F3NO5S. The summed E-state index contributed by atoms with van der Waals surface area (Å²) < 4.78 is 66.2. The first-order valence-corrected chi connectivity index (χ1v) is 13.3. The van der Waals surface area contributed by atoms with E-state index in [1.807, 2.05) is 43.3 Å². The molecular weight excluding hydrogens is 519 g/mol. The van der Waals surface area contributed by atoms with E-state index in [1.165, 1.54) is 18.2 Å². The minimum atomic E-state index is -5.79. The Morgan fingerprint density at radius 3 is 2.42 bits per heavy atom. The molecule has 0 bridgehead atoms. The molecule has 0 radical (unpaired) electrons. The molecule has 1 heterocycles. The molecule has 2 atom stereocenters. The Hall–Kier alpha value is -3.79. The molecule has 0 saturated heterocycles. The van der Waals surface area contributed by atoms with Gasteiger partial charge in [-0.15, -0.1) is 0 Å². The Morgan fingerprint density at radius 1 is 1.11 bits per heavy atom. The fourth-order valence-corrected chi connectivity index (χ4v) is 5.26. The normalized spacial score (nSPS) is 17.9. The van der Waals surface area contributed by atoms with E-state index < -0.39 is 27.3 Å². The first kappa shape index (κ1) is 27.3. The van der Waals surface area contributed by atoms with Gasteiger partial charge in [0.05, 0.1) is 6.04 Å². The topological polar surface area (TPSA) is 83.9 Å². The lowest BCUT2D eigenvalue weighted by molar-refractivity contribution is -0.131. The fraction of sp³-hybridized carbons (Fsp3) is 0.250. The molecule has 4 rings (SSSR count). The highest BCUT2D eigenvalue weighted by atomic mass is 32.2. The van der Waals surface area contributed by atoms with Gasteiger partial charge in [0.25, 0.3) is 0 Å². The van der Waals surface area contributed by atoms with E-state index in [1.54, 1.807) is 18.2 Å². The highest BCUT2D eigenvalue weighted by Crippen LogP contribution is 2.43. The van der Waals surface area contributed by atoms with Crippen LogP contribution in [0.5, 0.6) is 5.75 Å². The summed E-state index contributed by atoms with van der Waals surface area (Å²) in [7, 11) is -5.79. The van der Waals surface area contributed by atoms with Crippen LogP contribution in [0.4, 0.5) is 18.9 Å². The second kappa shape index (κ2) is 10.5. The summed E-state index contributed by atoms with van der Waals surface area (Å²) in [5.41, 5.74) is -0.319. The van der Waals surface area contributed by atoms with E-state index in [9.17, 15) is 26.4 Å². The number of aryl methyl sites for hydroxylation is 1. The van der Waals surface area contributed by atoms with Gasteiger partial charge in [-0.05, 0) is 71.9 Å². The van der Waals surface area contributed by atoms with Gasteiger partial charge in [-0.25, -0.2) is 4.79 Å². The van der Waals surface area contributed by atoms with E-state index in [-0.39, 0.29) is 12.1 Å². The van der Waals surface area contributed by atoms with E-state index in [4.69, 9.17) is 5.11 Å². The lowest BCUT2D eigenvalue weighted by Gasteiger charge is -2.45. The molecule has 0 spiro atoms. The molecule has 1 aliphatic heterocycles. The number of hydrogen-bond donors (Lipinski definition) is 1. The van der Waals surface area contributed by atoms with Crippen molar-refractivity contribution in [3.05, 3.63) is 101 Å². The first-order chi connectivity index (χ1) is 17.9. The van der Waals surface area contributed by atoms with Gasteiger partial charge in [0.15, 0.2) is 0 Å². The van der Waals surface area contributed by atoms with E-state index >= 15 is 0 Å². The summed E-state index contributed by atoms with van der Waals surface area (Å²) >= 11 is 0. The second-order valence-corrected chi connectivity index (χ2v) is 10.6. The predicted molar refractivity (Wildman–Crippen MR) is 138 cm³/mol. The monoisotopic (exact) mass is 545 g/mol. The summed E-state index contributed by atoms with van der Waals surface area (Å²) in [4.78, 5) is 13.1. The molecule has 3 aromatic carbocycles. The number of benzene rings is 3. The molecule has 6 nitrogen and oxygen atoms in total. The molecule has 3 aromatic rings. The average Bonchev–Trinajstić information content (AvgIpc) is 2.86. The number of carboxylic acids is 1. The molecule has 0 unspecified atom stereocenters. The van der Waals surface area contributed by atoms with Crippen molar-refractivity contribution in [2.45, 2.75) is 44.3 Å². The number of rotatable bonds is 7. The largest absolute Gasteiger partial charge is 0.534 e. The molecule has 10 heteroatoms. The van der Waals surface area contributed by atoms with Crippen LogP contribution in [0.2, 0.25) is 0 Å². The summed E-state index contributed by atoms with van der Waals surface area (Å²) in [5, 5.41) is 8.92. The fourth-order valence-electron chi connectivity index (χ4n) is 4.81. The van der Waals surface area contributed by atoms with Crippen molar-refractivity contribution in [1.82, 2.24) is 0 Å². The van der Waals surface area contributed by atoms with Gasteiger partial charge in [-0.2, -0.15) is 21.6 Å². The quantitative estimate of drug-likeness (QED) is 0.219. The van der Waals surface area contributed by atoms with E-state index in [2.05, 4.69) is 16.0 Å². The van der Waals surface area contributed by atoms with E-state index in [0.29, 0.717) is 17.5 Å². The molecule has 38 heavy (non-hydrogen) atoms. The maximum absolute atomic E-state index is 12.9. The van der Waals surface area contributed by atoms with Crippen LogP contribution < -0.4 is 9.08 Å². The molecule has 0 fully saturated rings. The van der Waals surface area contributed by atoms with Crippen LogP contribution in [-0.4, -0.2) is 31.0 Å². The second-order valence-electron chi connectivity index (χ2n) is 9.03. The third kappa shape index (κ3) is 5.55. The number of hydrogen-bond acceptors (Lipinski definition) is 5. The molecule has 0 saturated carbocycles. The summed E-state index contributed by atoms with van der Waals surface area (Å²) in [6.45, 7) is 4.07. The first-order valence-electron chi connectivity index (χ1n) is 11.9. The third-order valence-electron chi connectivity index (χ3n) is 6.49. The lowest BCUT2D eigenvalue weighted by atomic mass is 9.84. The Morgan fingerprint density at radius 2 is 1.79 bits per heavy atom. The zero-order valence-electron chi connectivity index (χ0n) is 20.6. The molecule has 1 N–H and O–H groups in total. The van der Waals surface area contributed by atoms with Crippen molar-refractivity contribution < 1.29 is 35.7 Å². The van der Waals surface area contributed by atoms with Crippen LogP contribution in [0, 0.1) is 0 Å². The van der Waals surface area contributed by atoms with Crippen molar-refractivity contribution >= 4 is 27.9 Å². The predicted octanol–water partition coefficient (Wildman–Crippen LogP) is 6.12. The van der Waals surface area contributed by atoms with E-state index in [0.717, 1.165) is 34.9 Å². The zero-order valence-corrected chi connectivity index (χ0v) is 21.5. The van der Waals surface area contributed by atoms with Crippen LogP contribution in [0.25, 0.3) is 6.08 Å². The standard InChI is InChI=1S/C28H26F3NO5S/c1-3-20-6-4-5-7-25(20)32-18(2)16-22-17-23(37-38(35,36)28(29,30)31)13-14-24(22)27(32)21-11-8-19(9-12-21)10-15-26(33)34/h4-15,17-18,27H,3,16H2,1-2H3,(H,33,34)/t18-,27-/m0/s1. The summed E-state index contributed by atoms with van der Waals surface area (Å²) in [5.74, 6) is -1.46. The Bertz CT molecular complexity index is 1470. The van der Waals surface area contributed by atoms with Gasteiger partial charge >= 0.3 is 21.6 Å². The smallest absolute Gasteiger partial charge is 0.478 e. The molecule has 0 amide bonds. The third-order valence-corrected chi connectivity index (χ3v) is 7.47. The number of alkyl halides is 3. The molecule has 0 aliphatic carbocycles. The van der Waals surface area contributed by atoms with Crippen LogP contribution in [0.1, 0.15) is 47.7 Å². The van der Waals surface area contributed by atoms with Crippen molar-refractivity contribution in [2.24, 2.45) is 0 Å². The van der Waals surface area contributed by atoms with Gasteiger partial charge in [-0.3, -0.25) is 0 Å². The Balaban J connectivity index is 1.83. The van der Waals surface area contributed by atoms with Crippen LogP contribution >= 0.6 is 0 Å². The van der Waals surface area contributed by atoms with Crippen molar-refractivity contribution in [3.63, 3.8) is 0 Å². The Labute approximate surface area is 219 Å². The van der Waals surface area contributed by atoms with Gasteiger partial charge in [-0.1, -0.05) is 55.5 Å². The number of carbonyl (C=O) groups is 1. The highest BCUT2D eigenvalue weighted by Gasteiger charge is 2.48. The van der Waals surface area contributed by atoms with Gasteiger partial charge in [0, 0.05) is 17.8 Å². The Kier molecular flexibility index (Phi) is 7.55. The summed E-state index contributed by atoms with van der Waals surface area (Å²) in [6, 6.07) is 19.1. The highest BCUT2D eigenvalue weighted by molar-refractivity contribution is 7.88. The molecule has 1 aliphatic rings. The maximum Gasteiger partial charge on any atom is 0.534 e. The SMILES string of the molecule is CCc1ccccc1N1[C@@H](c2ccc(C=CC(=O)O)cc2)c2ccc(OS(=O)(=O)C(F)(F)F)cc2C[C@@H]1C. The number of carboxylic acid groups (broad SMARTS) is 1. The van der Waals surface area contributed by atoms with Crippen LogP contribution in [0.3, 0.4) is 0 Å². The number of fused-ring (bicyclic) bond motifs is 1. The number of nitrogens with zero attached hydrogens (tertiary/aromatic N) is 1. The van der Waals surface area contributed by atoms with Crippen molar-refractivity contribution in [3.8, 4) is 5.75 Å². The maximum atomic E-state index is 12.9. The van der Waals surface area contributed by atoms with Gasteiger partial charge in [0.1, 0.15) is 5.75 Å². The molecule has 200 valence electrons. The number of para-hydroxylation sites is 1. The number of anilines is 1. The van der Waals surface area contributed by atoms with Crippen molar-refractivity contribution in [2.75, 3.05) is 4.90 Å². The van der Waals surface area contributed by atoms with Crippen LogP contribution in [0.15, 0.2) is 72.8 Å². The molecule has 0 aromatic heterocycles. The number of aliphatic carboxylic acids is 1. The van der Waals surface area contributed by atoms with Crippen molar-refractivity contribution in [1.29, 1.82) is 0 Å². The number of halogens is 3. The minimum Gasteiger partial charge on any atom is -0.478 e. The lowest BCUT2D eigenvalue weighted by Crippen LogP contribution is -2.43. The summed E-state index contributed by atoms with van der Waals surface area (Å²) in [6.07, 6.45) is 3.78. The minimum absolute atomic E-state index is 0.0961.